The first-order valence-electron chi connectivity index (χ1n) is 12.7. The van der Waals surface area contributed by atoms with Gasteiger partial charge in [0.25, 0.3) is 0 Å². The second-order valence-electron chi connectivity index (χ2n) is 9.64. The Morgan fingerprint density at radius 3 is 2.76 bits per heavy atom. The monoisotopic (exact) mass is 465 g/mol. The molecular weight excluding hydrogens is 426 g/mol. The smallest absolute Gasteiger partial charge is 0.174 e. The molecule has 0 aromatic heterocycles. The first-order chi connectivity index (χ1) is 16.1. The van der Waals surface area contributed by atoms with Crippen molar-refractivity contribution < 1.29 is 4.74 Å². The van der Waals surface area contributed by atoms with Crippen molar-refractivity contribution in [3.63, 3.8) is 0 Å². The van der Waals surface area contributed by atoms with E-state index in [-0.39, 0.29) is 0 Å². The molecule has 0 saturated heterocycles. The van der Waals surface area contributed by atoms with Crippen LogP contribution in [0, 0.1) is 5.92 Å². The van der Waals surface area contributed by atoms with E-state index >= 15 is 0 Å². The lowest BCUT2D eigenvalue weighted by Gasteiger charge is -2.40. The highest BCUT2D eigenvalue weighted by Gasteiger charge is 2.29. The molecule has 1 aliphatic heterocycles. The van der Waals surface area contributed by atoms with Crippen molar-refractivity contribution in [3.05, 3.63) is 53.6 Å². The summed E-state index contributed by atoms with van der Waals surface area (Å²) in [6.07, 6.45) is 8.68. The van der Waals surface area contributed by atoms with E-state index in [9.17, 15) is 0 Å². The number of nitrogens with one attached hydrogen (secondary N) is 1. The summed E-state index contributed by atoms with van der Waals surface area (Å²) >= 11 is 6.02. The molecule has 2 aromatic carbocycles. The summed E-state index contributed by atoms with van der Waals surface area (Å²) in [6, 6.07) is 15.6. The second-order valence-corrected chi connectivity index (χ2v) is 10.0. The van der Waals surface area contributed by atoms with Gasteiger partial charge in [0.2, 0.25) is 0 Å². The van der Waals surface area contributed by atoms with Gasteiger partial charge in [0.05, 0.1) is 12.8 Å². The molecule has 4 rings (SSSR count). The molecule has 0 spiro atoms. The molecular formula is C28H39N3OS. The van der Waals surface area contributed by atoms with E-state index < -0.39 is 0 Å². The van der Waals surface area contributed by atoms with Crippen molar-refractivity contribution in [2.45, 2.75) is 71.4 Å². The average molecular weight is 466 g/mol. The zero-order valence-corrected chi connectivity index (χ0v) is 21.3. The Morgan fingerprint density at radius 2 is 1.97 bits per heavy atom. The average Bonchev–Trinajstić information content (AvgIpc) is 2.83. The van der Waals surface area contributed by atoms with Gasteiger partial charge in [-0.15, -0.1) is 0 Å². The van der Waals surface area contributed by atoms with E-state index in [0.29, 0.717) is 12.0 Å². The first-order valence-corrected chi connectivity index (χ1v) is 13.1. The Labute approximate surface area is 205 Å². The van der Waals surface area contributed by atoms with Gasteiger partial charge in [-0.3, -0.25) is 0 Å². The number of benzene rings is 2. The standard InChI is InChI=1S/C28H39N3OS/c1-4-17-30-18-9-11-23-19-22(15-16-26(23)30)20-31(25-13-7-5-10-21(25)2)28(33)29-24-12-6-8-14-27(24)32-3/h6,8,12,14-16,19,21,25H,4-5,7,9-11,13,17-18,20H2,1-3H3,(H,29,33)/t21-,25-/m1/s1. The van der Waals surface area contributed by atoms with Gasteiger partial charge in [-0.1, -0.05) is 51.0 Å². The van der Waals surface area contributed by atoms with Gasteiger partial charge < -0.3 is 19.9 Å². The predicted molar refractivity (Wildman–Crippen MR) is 143 cm³/mol. The number of methoxy groups -OCH3 is 1. The van der Waals surface area contributed by atoms with Crippen LogP contribution in [0.3, 0.4) is 0 Å². The van der Waals surface area contributed by atoms with E-state index in [4.69, 9.17) is 17.0 Å². The van der Waals surface area contributed by atoms with E-state index in [1.165, 1.54) is 68.3 Å². The van der Waals surface area contributed by atoms with E-state index in [2.05, 4.69) is 47.2 Å². The Hall–Kier alpha value is -2.27. The number of nitrogens with zero attached hydrogens (tertiary/aromatic N) is 2. The van der Waals surface area contributed by atoms with Crippen molar-refractivity contribution in [3.8, 4) is 5.75 Å². The fourth-order valence-electron chi connectivity index (χ4n) is 5.56. The van der Waals surface area contributed by atoms with Crippen LogP contribution < -0.4 is 15.0 Å². The molecule has 0 unspecified atom stereocenters. The van der Waals surface area contributed by atoms with Crippen LogP contribution >= 0.6 is 12.2 Å². The van der Waals surface area contributed by atoms with Gasteiger partial charge >= 0.3 is 0 Å². The maximum absolute atomic E-state index is 6.02. The van der Waals surface area contributed by atoms with Crippen LogP contribution in [0.4, 0.5) is 11.4 Å². The minimum Gasteiger partial charge on any atom is -0.495 e. The van der Waals surface area contributed by atoms with Gasteiger partial charge in [0, 0.05) is 31.4 Å². The Morgan fingerprint density at radius 1 is 1.15 bits per heavy atom. The van der Waals surface area contributed by atoms with Gasteiger partial charge in [0.1, 0.15) is 5.75 Å². The van der Waals surface area contributed by atoms with Gasteiger partial charge in [-0.2, -0.15) is 0 Å². The van der Waals surface area contributed by atoms with Gasteiger partial charge in [0.15, 0.2) is 5.11 Å². The fraction of sp³-hybridized carbons (Fsp3) is 0.536. The maximum Gasteiger partial charge on any atom is 0.174 e. The Kier molecular flexibility index (Phi) is 8.13. The van der Waals surface area contributed by atoms with Gasteiger partial charge in [-0.25, -0.2) is 0 Å². The van der Waals surface area contributed by atoms with Crippen LogP contribution in [0.25, 0.3) is 0 Å². The lowest BCUT2D eigenvalue weighted by molar-refractivity contribution is 0.177. The lowest BCUT2D eigenvalue weighted by Crippen LogP contribution is -2.46. The van der Waals surface area contributed by atoms with Crippen LogP contribution in [0.15, 0.2) is 42.5 Å². The first kappa shape index (κ1) is 23.9. The quantitative estimate of drug-likeness (QED) is 0.463. The van der Waals surface area contributed by atoms with Crippen LogP contribution in [-0.2, 0) is 13.0 Å². The summed E-state index contributed by atoms with van der Waals surface area (Å²) in [4.78, 5) is 5.00. The van der Waals surface area contributed by atoms with Crippen molar-refractivity contribution in [2.75, 3.05) is 30.4 Å². The van der Waals surface area contributed by atoms with Crippen LogP contribution in [0.5, 0.6) is 5.75 Å². The summed E-state index contributed by atoms with van der Waals surface area (Å²) in [6.45, 7) is 7.82. The fourth-order valence-corrected chi connectivity index (χ4v) is 5.87. The highest BCUT2D eigenvalue weighted by Crippen LogP contribution is 2.33. The minimum absolute atomic E-state index is 0.459. The maximum atomic E-state index is 6.02. The van der Waals surface area contributed by atoms with E-state index in [1.54, 1.807) is 7.11 Å². The molecule has 2 aromatic rings. The lowest BCUT2D eigenvalue weighted by atomic mass is 9.84. The molecule has 178 valence electrons. The summed E-state index contributed by atoms with van der Waals surface area (Å²) in [5.74, 6) is 1.45. The molecule has 0 radical (unpaired) electrons. The van der Waals surface area contributed by atoms with E-state index in [1.807, 2.05) is 24.3 Å². The molecule has 0 bridgehead atoms. The summed E-state index contributed by atoms with van der Waals surface area (Å²) in [5.41, 5.74) is 5.21. The SMILES string of the molecule is CCCN1CCCc2cc(CN(C(=S)Nc3ccccc3OC)[C@@H]3CCCC[C@H]3C)ccc21. The molecule has 0 amide bonds. The third kappa shape index (κ3) is 5.63. The number of anilines is 2. The number of aryl methyl sites for hydroxylation is 1. The van der Waals surface area contributed by atoms with Crippen molar-refractivity contribution >= 4 is 28.7 Å². The number of thiocarbonyl (C=S) groups is 1. The normalized spacial score (nSPS) is 20.2. The Balaban J connectivity index is 1.58. The number of hydrogen-bond donors (Lipinski definition) is 1. The van der Waals surface area contributed by atoms with Crippen LogP contribution in [-0.4, -0.2) is 36.3 Å². The molecule has 2 atom stereocenters. The van der Waals surface area contributed by atoms with Crippen LogP contribution in [0.2, 0.25) is 0 Å². The summed E-state index contributed by atoms with van der Waals surface area (Å²) < 4.78 is 5.56. The third-order valence-corrected chi connectivity index (χ3v) is 7.62. The second kappa shape index (κ2) is 11.2. The number of fused-ring (bicyclic) bond motifs is 1. The summed E-state index contributed by atoms with van der Waals surface area (Å²) in [7, 11) is 1.71. The third-order valence-electron chi connectivity index (χ3n) is 7.28. The highest BCUT2D eigenvalue weighted by atomic mass is 32.1. The van der Waals surface area contributed by atoms with E-state index in [0.717, 1.165) is 29.6 Å². The molecule has 4 nitrogen and oxygen atoms in total. The zero-order valence-electron chi connectivity index (χ0n) is 20.5. The van der Waals surface area contributed by atoms with Gasteiger partial charge in [-0.05, 0) is 79.6 Å². The van der Waals surface area contributed by atoms with Crippen molar-refractivity contribution in [1.82, 2.24) is 4.90 Å². The molecule has 1 heterocycles. The Bertz CT molecular complexity index is 946. The number of rotatable bonds is 7. The molecule has 1 fully saturated rings. The molecule has 5 heteroatoms. The van der Waals surface area contributed by atoms with Crippen molar-refractivity contribution in [1.29, 1.82) is 0 Å². The molecule has 1 aliphatic carbocycles. The minimum atomic E-state index is 0.459. The molecule has 1 N–H and O–H groups in total. The predicted octanol–water partition coefficient (Wildman–Crippen LogP) is 6.64. The summed E-state index contributed by atoms with van der Waals surface area (Å²) in [5, 5.41) is 4.30. The zero-order chi connectivity index (χ0) is 23.2. The van der Waals surface area contributed by atoms with Crippen molar-refractivity contribution in [2.24, 2.45) is 5.92 Å². The molecule has 33 heavy (non-hydrogen) atoms. The molecule has 2 aliphatic rings. The molecule has 1 saturated carbocycles. The van der Waals surface area contributed by atoms with Crippen LogP contribution in [0.1, 0.15) is 63.5 Å². The topological polar surface area (TPSA) is 27.7 Å². The largest absolute Gasteiger partial charge is 0.495 e. The number of para-hydroxylation sites is 2. The number of hydrogen-bond acceptors (Lipinski definition) is 3. The number of ether oxygens (including phenoxy) is 1. The highest BCUT2D eigenvalue weighted by molar-refractivity contribution is 7.80.